The van der Waals surface area contributed by atoms with Crippen LogP contribution in [0, 0.1) is 5.82 Å². The van der Waals surface area contributed by atoms with Gasteiger partial charge in [-0.15, -0.1) is 0 Å². The predicted octanol–water partition coefficient (Wildman–Crippen LogP) is 2.77. The molecule has 1 atom stereocenters. The second-order valence-corrected chi connectivity index (χ2v) is 4.03. The lowest BCUT2D eigenvalue weighted by molar-refractivity contribution is -0.118. The zero-order chi connectivity index (χ0) is 13.0. The molecule has 0 aromatic heterocycles. The molecule has 92 valence electrons. The van der Waals surface area contributed by atoms with Crippen molar-refractivity contribution in [3.05, 3.63) is 29.6 Å². The number of benzene rings is 1. The van der Waals surface area contributed by atoms with Crippen LogP contribution >= 0.6 is 0 Å². The average molecular weight is 238 g/mol. The molecule has 0 amide bonds. The van der Waals surface area contributed by atoms with Gasteiger partial charge in [0.15, 0.2) is 5.78 Å². The highest BCUT2D eigenvalue weighted by atomic mass is 19.1. The summed E-state index contributed by atoms with van der Waals surface area (Å²) in [5.74, 6) is -0.601. The average Bonchev–Trinajstić information content (AvgIpc) is 2.15. The van der Waals surface area contributed by atoms with Crippen LogP contribution in [0.3, 0.4) is 0 Å². The zero-order valence-corrected chi connectivity index (χ0v) is 10.1. The molecule has 4 heteroatoms. The van der Waals surface area contributed by atoms with E-state index in [1.807, 2.05) is 0 Å². The maximum atomic E-state index is 13.4. The first-order valence-electron chi connectivity index (χ1n) is 5.36. The van der Waals surface area contributed by atoms with Gasteiger partial charge in [0.2, 0.25) is 0 Å². The molecule has 0 N–H and O–H groups in total. The highest BCUT2D eigenvalue weighted by Crippen LogP contribution is 2.19. The molecule has 1 rings (SSSR count). The summed E-state index contributed by atoms with van der Waals surface area (Å²) >= 11 is 0. The molecule has 1 aromatic rings. The van der Waals surface area contributed by atoms with E-state index in [0.717, 1.165) is 6.07 Å². The molecular weight excluding hydrogens is 223 g/mol. The summed E-state index contributed by atoms with van der Waals surface area (Å²) in [6.07, 6.45) is -0.0362. The van der Waals surface area contributed by atoms with E-state index in [0.29, 0.717) is 5.75 Å². The largest absolute Gasteiger partial charge is 0.490 e. The van der Waals surface area contributed by atoms with Gasteiger partial charge in [0.25, 0.3) is 0 Å². The van der Waals surface area contributed by atoms with Crippen LogP contribution in [0.2, 0.25) is 0 Å². The maximum Gasteiger partial charge on any atom is 0.162 e. The Balaban J connectivity index is 2.77. The van der Waals surface area contributed by atoms with Gasteiger partial charge in [-0.05, 0) is 32.9 Å². The molecule has 0 aliphatic carbocycles. The number of hydrogen-bond acceptors (Lipinski definition) is 3. The highest BCUT2D eigenvalue weighted by Gasteiger charge is 2.11. The lowest BCUT2D eigenvalue weighted by atomic mass is 10.1. The Morgan fingerprint density at radius 2 is 2.00 bits per heavy atom. The van der Waals surface area contributed by atoms with Gasteiger partial charge in [-0.2, -0.15) is 0 Å². The second kappa shape index (κ2) is 5.57. The molecule has 0 saturated carbocycles. The normalized spacial score (nSPS) is 12.0. The molecule has 1 aromatic carbocycles. The van der Waals surface area contributed by atoms with Gasteiger partial charge in [-0.3, -0.25) is 9.59 Å². The summed E-state index contributed by atoms with van der Waals surface area (Å²) in [4.78, 5) is 21.9. The first-order chi connectivity index (χ1) is 7.90. The summed E-state index contributed by atoms with van der Waals surface area (Å²) in [6, 6.07) is 4.07. The van der Waals surface area contributed by atoms with Gasteiger partial charge in [-0.25, -0.2) is 4.39 Å². The highest BCUT2D eigenvalue weighted by molar-refractivity contribution is 5.94. The molecule has 3 nitrogen and oxygen atoms in total. The van der Waals surface area contributed by atoms with Crippen LogP contribution in [0.25, 0.3) is 0 Å². The molecule has 0 radical (unpaired) electrons. The predicted molar refractivity (Wildman–Crippen MR) is 61.8 cm³/mol. The molecule has 1 unspecified atom stereocenters. The fourth-order valence-corrected chi connectivity index (χ4v) is 1.53. The fourth-order valence-electron chi connectivity index (χ4n) is 1.53. The van der Waals surface area contributed by atoms with E-state index in [2.05, 4.69) is 0 Å². The van der Waals surface area contributed by atoms with E-state index in [1.54, 1.807) is 6.92 Å². The lowest BCUT2D eigenvalue weighted by Gasteiger charge is -2.13. The third kappa shape index (κ3) is 3.98. The second-order valence-electron chi connectivity index (χ2n) is 4.03. The molecule has 0 aliphatic heterocycles. The number of halogens is 1. The summed E-state index contributed by atoms with van der Waals surface area (Å²) < 4.78 is 18.8. The Bertz CT molecular complexity index is 440. The molecule has 0 heterocycles. The van der Waals surface area contributed by atoms with E-state index < -0.39 is 5.82 Å². The number of ketones is 2. The van der Waals surface area contributed by atoms with Crippen molar-refractivity contribution in [1.29, 1.82) is 0 Å². The molecule has 0 aliphatic rings. The van der Waals surface area contributed by atoms with Gasteiger partial charge in [0.05, 0.1) is 5.56 Å². The van der Waals surface area contributed by atoms with Gasteiger partial charge in [0.1, 0.15) is 23.5 Å². The molecular formula is C13H15FO3. The van der Waals surface area contributed by atoms with Crippen molar-refractivity contribution in [3.63, 3.8) is 0 Å². The minimum absolute atomic E-state index is 0.0123. The molecule has 0 fully saturated rings. The fraction of sp³-hybridized carbons (Fsp3) is 0.385. The molecule has 0 saturated heterocycles. The number of hydrogen-bond donors (Lipinski definition) is 0. The van der Waals surface area contributed by atoms with Crippen LogP contribution < -0.4 is 4.74 Å². The van der Waals surface area contributed by atoms with Crippen LogP contribution in [-0.4, -0.2) is 17.7 Å². The Morgan fingerprint density at radius 1 is 1.35 bits per heavy atom. The SMILES string of the molecule is CC(=O)CC(C)Oc1ccc(C(C)=O)c(F)c1. The Kier molecular flexibility index (Phi) is 4.37. The van der Waals surface area contributed by atoms with Gasteiger partial charge >= 0.3 is 0 Å². The number of carbonyl (C=O) groups excluding carboxylic acids is 2. The Morgan fingerprint density at radius 3 is 2.47 bits per heavy atom. The minimum Gasteiger partial charge on any atom is -0.490 e. The number of carbonyl (C=O) groups is 2. The van der Waals surface area contributed by atoms with Crippen molar-refractivity contribution >= 4 is 11.6 Å². The third-order valence-electron chi connectivity index (χ3n) is 2.23. The van der Waals surface area contributed by atoms with Crippen LogP contribution in [-0.2, 0) is 4.79 Å². The van der Waals surface area contributed by atoms with Crippen LogP contribution in [0.5, 0.6) is 5.75 Å². The van der Waals surface area contributed by atoms with E-state index >= 15 is 0 Å². The summed E-state index contributed by atoms with van der Waals surface area (Å²) in [5.41, 5.74) is 0.0385. The van der Waals surface area contributed by atoms with Crippen LogP contribution in [0.1, 0.15) is 37.6 Å². The topological polar surface area (TPSA) is 43.4 Å². The zero-order valence-electron chi connectivity index (χ0n) is 10.1. The maximum absolute atomic E-state index is 13.4. The quantitative estimate of drug-likeness (QED) is 0.741. The summed E-state index contributed by atoms with van der Waals surface area (Å²) in [7, 11) is 0. The van der Waals surface area contributed by atoms with Crippen molar-refractivity contribution < 1.29 is 18.7 Å². The smallest absolute Gasteiger partial charge is 0.162 e. The standard InChI is InChI=1S/C13H15FO3/c1-8(15)6-9(2)17-11-4-5-12(10(3)16)13(14)7-11/h4-5,7,9H,6H2,1-3H3. The first kappa shape index (κ1) is 13.4. The Hall–Kier alpha value is -1.71. The first-order valence-corrected chi connectivity index (χ1v) is 5.36. The van der Waals surface area contributed by atoms with Crippen LogP contribution in [0.15, 0.2) is 18.2 Å². The van der Waals surface area contributed by atoms with E-state index in [-0.39, 0.29) is 29.7 Å². The van der Waals surface area contributed by atoms with Gasteiger partial charge < -0.3 is 4.74 Å². The number of ether oxygens (including phenoxy) is 1. The molecule has 17 heavy (non-hydrogen) atoms. The van der Waals surface area contributed by atoms with Crippen LogP contribution in [0.4, 0.5) is 4.39 Å². The van der Waals surface area contributed by atoms with Crippen molar-refractivity contribution in [2.75, 3.05) is 0 Å². The molecule has 0 bridgehead atoms. The Labute approximate surface area is 99.6 Å². The van der Waals surface area contributed by atoms with Crippen molar-refractivity contribution in [3.8, 4) is 5.75 Å². The van der Waals surface area contributed by atoms with E-state index in [9.17, 15) is 14.0 Å². The van der Waals surface area contributed by atoms with E-state index in [4.69, 9.17) is 4.74 Å². The van der Waals surface area contributed by atoms with Gasteiger partial charge in [0, 0.05) is 12.5 Å². The van der Waals surface area contributed by atoms with Crippen molar-refractivity contribution in [2.24, 2.45) is 0 Å². The lowest BCUT2D eigenvalue weighted by Crippen LogP contribution is -2.15. The summed E-state index contributed by atoms with van der Waals surface area (Å²) in [5, 5.41) is 0. The number of rotatable bonds is 5. The number of Topliss-reactive ketones (excluding diaryl/α,β-unsaturated/α-hetero) is 2. The van der Waals surface area contributed by atoms with Crippen molar-refractivity contribution in [1.82, 2.24) is 0 Å². The monoisotopic (exact) mass is 238 g/mol. The molecule has 0 spiro atoms. The van der Waals surface area contributed by atoms with Gasteiger partial charge in [-0.1, -0.05) is 0 Å². The summed E-state index contributed by atoms with van der Waals surface area (Å²) in [6.45, 7) is 4.51. The minimum atomic E-state index is -0.606. The van der Waals surface area contributed by atoms with E-state index in [1.165, 1.54) is 26.0 Å². The van der Waals surface area contributed by atoms with Crippen molar-refractivity contribution in [2.45, 2.75) is 33.3 Å². The third-order valence-corrected chi connectivity index (χ3v) is 2.23.